The Morgan fingerprint density at radius 1 is 1.29 bits per heavy atom. The molecule has 0 unspecified atom stereocenters. The molecule has 0 aliphatic rings. The van der Waals surface area contributed by atoms with E-state index in [1.54, 1.807) is 6.08 Å². The molecule has 92 valence electrons. The van der Waals surface area contributed by atoms with Gasteiger partial charge in [0.1, 0.15) is 6.61 Å². The molecule has 0 spiro atoms. The lowest BCUT2D eigenvalue weighted by Gasteiger charge is -2.03. The van der Waals surface area contributed by atoms with Crippen molar-refractivity contribution < 1.29 is 9.53 Å². The number of hydrogen-bond donors (Lipinski definition) is 0. The van der Waals surface area contributed by atoms with Crippen LogP contribution in [0.5, 0.6) is 0 Å². The van der Waals surface area contributed by atoms with E-state index in [2.05, 4.69) is 6.92 Å². The van der Waals surface area contributed by atoms with Crippen molar-refractivity contribution in [2.45, 2.75) is 39.7 Å². The molecule has 17 heavy (non-hydrogen) atoms. The van der Waals surface area contributed by atoms with Gasteiger partial charge in [0.25, 0.3) is 0 Å². The molecular formula is C15H20O2. The summed E-state index contributed by atoms with van der Waals surface area (Å²) in [5.41, 5.74) is 2.10. The van der Waals surface area contributed by atoms with Crippen molar-refractivity contribution in [3.8, 4) is 0 Å². The number of hydrogen-bond acceptors (Lipinski definition) is 2. The van der Waals surface area contributed by atoms with Crippen LogP contribution >= 0.6 is 0 Å². The van der Waals surface area contributed by atoms with Crippen molar-refractivity contribution in [3.05, 3.63) is 47.5 Å². The molecular weight excluding hydrogens is 212 g/mol. The largest absolute Gasteiger partial charge is 0.458 e. The van der Waals surface area contributed by atoms with Gasteiger partial charge in [-0.3, -0.25) is 0 Å². The molecule has 1 rings (SSSR count). The highest BCUT2D eigenvalue weighted by molar-refractivity contribution is 5.82. The van der Waals surface area contributed by atoms with Gasteiger partial charge in [-0.05, 0) is 25.3 Å². The molecule has 2 nitrogen and oxygen atoms in total. The summed E-state index contributed by atoms with van der Waals surface area (Å²) < 4.78 is 5.16. The van der Waals surface area contributed by atoms with E-state index in [0.29, 0.717) is 6.61 Å². The van der Waals surface area contributed by atoms with Crippen LogP contribution in [0.3, 0.4) is 0 Å². The molecule has 0 heterocycles. The van der Waals surface area contributed by atoms with E-state index in [1.807, 2.05) is 37.3 Å². The van der Waals surface area contributed by atoms with Crippen molar-refractivity contribution in [1.82, 2.24) is 0 Å². The van der Waals surface area contributed by atoms with Crippen molar-refractivity contribution in [3.63, 3.8) is 0 Å². The van der Waals surface area contributed by atoms with Crippen molar-refractivity contribution in [2.24, 2.45) is 0 Å². The van der Waals surface area contributed by atoms with Crippen LogP contribution < -0.4 is 0 Å². The number of allylic oxidation sites excluding steroid dienone is 1. The third-order valence-corrected chi connectivity index (χ3v) is 2.51. The lowest BCUT2D eigenvalue weighted by atomic mass is 10.1. The first-order chi connectivity index (χ1) is 8.22. The summed E-state index contributed by atoms with van der Waals surface area (Å²) in [6.07, 6.45) is 4.83. The van der Waals surface area contributed by atoms with Gasteiger partial charge in [0, 0.05) is 6.08 Å². The van der Waals surface area contributed by atoms with Gasteiger partial charge in [-0.15, -0.1) is 0 Å². The zero-order valence-electron chi connectivity index (χ0n) is 10.6. The van der Waals surface area contributed by atoms with Gasteiger partial charge >= 0.3 is 5.97 Å². The van der Waals surface area contributed by atoms with Crippen molar-refractivity contribution >= 4 is 5.97 Å². The lowest BCUT2D eigenvalue weighted by molar-refractivity contribution is -0.139. The zero-order valence-corrected chi connectivity index (χ0v) is 10.6. The molecule has 0 saturated heterocycles. The molecule has 0 radical (unpaired) electrons. The van der Waals surface area contributed by atoms with Crippen molar-refractivity contribution in [2.75, 3.05) is 0 Å². The maximum atomic E-state index is 11.5. The highest BCUT2D eigenvalue weighted by Gasteiger charge is 2.00. The first kappa shape index (κ1) is 13.5. The second-order valence-electron chi connectivity index (χ2n) is 4.19. The first-order valence-corrected chi connectivity index (χ1v) is 6.10. The minimum Gasteiger partial charge on any atom is -0.458 e. The molecule has 0 fully saturated rings. The molecule has 0 atom stereocenters. The Morgan fingerprint density at radius 2 is 2.00 bits per heavy atom. The van der Waals surface area contributed by atoms with Crippen LogP contribution in [-0.2, 0) is 16.1 Å². The number of ether oxygens (including phenoxy) is 1. The highest BCUT2D eigenvalue weighted by atomic mass is 16.5. The highest BCUT2D eigenvalue weighted by Crippen LogP contribution is 2.07. The Morgan fingerprint density at radius 3 is 2.65 bits per heavy atom. The van der Waals surface area contributed by atoms with Crippen LogP contribution in [0, 0.1) is 0 Å². The fourth-order valence-corrected chi connectivity index (χ4v) is 1.50. The number of benzene rings is 1. The number of carbonyl (C=O) groups is 1. The summed E-state index contributed by atoms with van der Waals surface area (Å²) >= 11 is 0. The standard InChI is InChI=1S/C15H20O2/c1-3-4-8-13(2)11-15(16)17-12-14-9-6-5-7-10-14/h5-7,9-11H,3-4,8,12H2,1-2H3/b13-11-. The molecule has 1 aromatic rings. The fourth-order valence-electron chi connectivity index (χ4n) is 1.50. The van der Waals surface area contributed by atoms with Gasteiger partial charge in [0.15, 0.2) is 0 Å². The van der Waals surface area contributed by atoms with E-state index < -0.39 is 0 Å². The second-order valence-corrected chi connectivity index (χ2v) is 4.19. The van der Waals surface area contributed by atoms with E-state index in [4.69, 9.17) is 4.74 Å². The topological polar surface area (TPSA) is 26.3 Å². The van der Waals surface area contributed by atoms with Gasteiger partial charge < -0.3 is 4.74 Å². The van der Waals surface area contributed by atoms with Gasteiger partial charge in [-0.1, -0.05) is 49.2 Å². The summed E-state index contributed by atoms with van der Waals surface area (Å²) in [6, 6.07) is 9.71. The SMILES string of the molecule is CCCC/C(C)=C\C(=O)OCc1ccccc1. The minimum atomic E-state index is -0.248. The third-order valence-electron chi connectivity index (χ3n) is 2.51. The van der Waals surface area contributed by atoms with Crippen LogP contribution in [0.25, 0.3) is 0 Å². The van der Waals surface area contributed by atoms with E-state index in [1.165, 1.54) is 0 Å². The van der Waals surface area contributed by atoms with Crippen LogP contribution in [0.2, 0.25) is 0 Å². The Balaban J connectivity index is 2.35. The quantitative estimate of drug-likeness (QED) is 0.550. The molecule has 0 aliphatic carbocycles. The predicted octanol–water partition coefficient (Wildman–Crippen LogP) is 3.87. The molecule has 0 saturated carbocycles. The smallest absolute Gasteiger partial charge is 0.331 e. The molecule has 0 aliphatic heterocycles. The van der Waals surface area contributed by atoms with Crippen LogP contribution in [0.15, 0.2) is 42.0 Å². The van der Waals surface area contributed by atoms with E-state index in [-0.39, 0.29) is 5.97 Å². The molecule has 2 heteroatoms. The molecule has 0 bridgehead atoms. The monoisotopic (exact) mass is 232 g/mol. The number of unbranched alkanes of at least 4 members (excludes halogenated alkanes) is 1. The number of rotatable bonds is 6. The van der Waals surface area contributed by atoms with Crippen molar-refractivity contribution in [1.29, 1.82) is 0 Å². The Labute approximate surface area is 103 Å². The average Bonchev–Trinajstić information content (AvgIpc) is 2.35. The van der Waals surface area contributed by atoms with Gasteiger partial charge in [0.05, 0.1) is 0 Å². The lowest BCUT2D eigenvalue weighted by Crippen LogP contribution is -2.01. The summed E-state index contributed by atoms with van der Waals surface area (Å²) in [7, 11) is 0. The number of esters is 1. The van der Waals surface area contributed by atoms with Gasteiger partial charge in [-0.25, -0.2) is 4.79 Å². The van der Waals surface area contributed by atoms with E-state index in [9.17, 15) is 4.79 Å². The van der Waals surface area contributed by atoms with Gasteiger partial charge in [0.2, 0.25) is 0 Å². The molecule has 0 N–H and O–H groups in total. The van der Waals surface area contributed by atoms with Crippen LogP contribution in [-0.4, -0.2) is 5.97 Å². The summed E-state index contributed by atoms with van der Waals surface area (Å²) in [4.78, 5) is 11.5. The van der Waals surface area contributed by atoms with Gasteiger partial charge in [-0.2, -0.15) is 0 Å². The zero-order chi connectivity index (χ0) is 12.5. The molecule has 1 aromatic carbocycles. The number of carbonyl (C=O) groups excluding carboxylic acids is 1. The molecule has 0 aromatic heterocycles. The Hall–Kier alpha value is -1.57. The summed E-state index contributed by atoms with van der Waals surface area (Å²) in [6.45, 7) is 4.46. The maximum Gasteiger partial charge on any atom is 0.331 e. The van der Waals surface area contributed by atoms with E-state index in [0.717, 1.165) is 30.4 Å². The summed E-state index contributed by atoms with van der Waals surface area (Å²) in [5.74, 6) is -0.248. The Bertz CT molecular complexity index is 366. The van der Waals surface area contributed by atoms with Crippen LogP contribution in [0.4, 0.5) is 0 Å². The maximum absolute atomic E-state index is 11.5. The first-order valence-electron chi connectivity index (χ1n) is 6.10. The minimum absolute atomic E-state index is 0.248. The summed E-state index contributed by atoms with van der Waals surface area (Å²) in [5, 5.41) is 0. The molecule has 0 amide bonds. The van der Waals surface area contributed by atoms with Crippen LogP contribution in [0.1, 0.15) is 38.7 Å². The van der Waals surface area contributed by atoms with E-state index >= 15 is 0 Å². The predicted molar refractivity (Wildman–Crippen MR) is 69.5 cm³/mol. The Kier molecular flexibility index (Phi) is 6.08. The second kappa shape index (κ2) is 7.66. The third kappa shape index (κ3) is 5.91. The normalized spacial score (nSPS) is 11.3. The average molecular weight is 232 g/mol. The fraction of sp³-hybridized carbons (Fsp3) is 0.400.